The van der Waals surface area contributed by atoms with Crippen molar-refractivity contribution >= 4 is 6.01 Å². The topological polar surface area (TPSA) is 54.7 Å². The van der Waals surface area contributed by atoms with Gasteiger partial charge in [0.1, 0.15) is 0 Å². The Bertz CT molecular complexity index is 147. The quantitative estimate of drug-likeness (QED) is 0.486. The van der Waals surface area contributed by atoms with Gasteiger partial charge in [-0.1, -0.05) is 0 Å². The Morgan fingerprint density at radius 1 is 1.36 bits per heavy atom. The molecule has 0 amide bonds. The number of nitrogens with one attached hydrogen (secondary N) is 1. The van der Waals surface area contributed by atoms with Crippen molar-refractivity contribution < 1.29 is 9.47 Å². The van der Waals surface area contributed by atoms with Gasteiger partial charge in [0, 0.05) is 20.1 Å². The van der Waals surface area contributed by atoms with E-state index in [2.05, 4.69) is 4.99 Å². The van der Waals surface area contributed by atoms with E-state index in [4.69, 9.17) is 14.9 Å². The molecule has 0 bridgehead atoms. The minimum atomic E-state index is -1.02. The van der Waals surface area contributed by atoms with Crippen LogP contribution in [0, 0.1) is 5.41 Å². The summed E-state index contributed by atoms with van der Waals surface area (Å²) >= 11 is 0. The zero-order valence-electron chi connectivity index (χ0n) is 7.18. The maximum absolute atomic E-state index is 6.64. The first-order chi connectivity index (χ1) is 5.18. The molecule has 0 saturated carbocycles. The van der Waals surface area contributed by atoms with E-state index < -0.39 is 5.91 Å². The van der Waals surface area contributed by atoms with Crippen LogP contribution in [-0.4, -0.2) is 25.1 Å². The van der Waals surface area contributed by atoms with Crippen LogP contribution in [0.15, 0.2) is 4.99 Å². The summed E-state index contributed by atoms with van der Waals surface area (Å²) in [5.74, 6) is -1.02. The van der Waals surface area contributed by atoms with Gasteiger partial charge in [0.25, 0.3) is 5.91 Å². The third-order valence-electron chi connectivity index (χ3n) is 1.08. The van der Waals surface area contributed by atoms with Gasteiger partial charge in [0.15, 0.2) is 0 Å². The molecule has 0 aromatic heterocycles. The van der Waals surface area contributed by atoms with Crippen LogP contribution in [0.4, 0.5) is 0 Å². The highest BCUT2D eigenvalue weighted by Gasteiger charge is 2.22. The Morgan fingerprint density at radius 3 is 2.09 bits per heavy atom. The molecule has 0 aliphatic heterocycles. The van der Waals surface area contributed by atoms with Crippen LogP contribution < -0.4 is 0 Å². The van der Waals surface area contributed by atoms with E-state index in [-0.39, 0.29) is 0 Å². The van der Waals surface area contributed by atoms with E-state index >= 15 is 0 Å². The number of rotatable bonds is 5. The van der Waals surface area contributed by atoms with Crippen molar-refractivity contribution in [3.8, 4) is 0 Å². The van der Waals surface area contributed by atoms with Gasteiger partial charge in [-0.2, -0.15) is 4.99 Å². The van der Waals surface area contributed by atoms with E-state index in [9.17, 15) is 0 Å². The fraction of sp³-hybridized carbons (Fsp3) is 0.857. The van der Waals surface area contributed by atoms with Crippen LogP contribution in [0.25, 0.3) is 0 Å². The van der Waals surface area contributed by atoms with Crippen LogP contribution in [0.3, 0.4) is 0 Å². The molecular weight excluding hydrogens is 144 g/mol. The van der Waals surface area contributed by atoms with Crippen LogP contribution in [0.5, 0.6) is 0 Å². The molecule has 0 atom stereocenters. The fourth-order valence-electron chi connectivity index (χ4n) is 0.743. The number of hydrogen-bond acceptors (Lipinski definition) is 4. The summed E-state index contributed by atoms with van der Waals surface area (Å²) in [6.07, 6.45) is 0. The molecule has 11 heavy (non-hydrogen) atoms. The molecule has 0 radical (unpaired) electrons. The molecule has 0 saturated heterocycles. The zero-order valence-corrected chi connectivity index (χ0v) is 7.18. The lowest BCUT2D eigenvalue weighted by molar-refractivity contribution is -0.214. The summed E-state index contributed by atoms with van der Waals surface area (Å²) in [4.78, 5) is 3.61. The molecule has 0 spiro atoms. The third-order valence-corrected chi connectivity index (χ3v) is 1.08. The minimum Gasteiger partial charge on any atom is -0.331 e. The lowest BCUT2D eigenvalue weighted by atomic mass is 10.5. The standard InChI is InChI=1S/C7H14N2O2/c1-4-10-7(3,9-6-8)11-5-2/h8H,4-5H2,1-3H3. The second-order valence-electron chi connectivity index (χ2n) is 1.99. The van der Waals surface area contributed by atoms with Crippen molar-refractivity contribution in [2.45, 2.75) is 26.7 Å². The molecule has 0 fully saturated rings. The summed E-state index contributed by atoms with van der Waals surface area (Å²) in [5, 5.41) is 6.64. The molecule has 4 nitrogen and oxygen atoms in total. The highest BCUT2D eigenvalue weighted by atomic mass is 16.7. The highest BCUT2D eigenvalue weighted by Crippen LogP contribution is 2.12. The van der Waals surface area contributed by atoms with E-state index in [1.165, 1.54) is 0 Å². The highest BCUT2D eigenvalue weighted by molar-refractivity contribution is 5.36. The molecule has 1 N–H and O–H groups in total. The molecular formula is C7H14N2O2. The second kappa shape index (κ2) is 5.02. The van der Waals surface area contributed by atoms with Gasteiger partial charge >= 0.3 is 0 Å². The maximum Gasteiger partial charge on any atom is 0.275 e. The molecule has 0 aliphatic rings. The second-order valence-corrected chi connectivity index (χ2v) is 1.99. The van der Waals surface area contributed by atoms with E-state index in [0.717, 1.165) is 0 Å². The average Bonchev–Trinajstić information content (AvgIpc) is 1.88. The molecule has 0 heterocycles. The molecule has 0 rings (SSSR count). The van der Waals surface area contributed by atoms with Crippen molar-refractivity contribution in [3.05, 3.63) is 0 Å². The fourth-order valence-corrected chi connectivity index (χ4v) is 0.743. The SMILES string of the molecule is CCOC(C)(N=C=N)OCC. The van der Waals surface area contributed by atoms with Gasteiger partial charge in [-0.25, -0.2) is 5.41 Å². The van der Waals surface area contributed by atoms with Gasteiger partial charge in [-0.3, -0.25) is 0 Å². The first-order valence-electron chi connectivity index (χ1n) is 3.60. The smallest absolute Gasteiger partial charge is 0.275 e. The number of hydrogen-bond donors (Lipinski definition) is 1. The van der Waals surface area contributed by atoms with Gasteiger partial charge in [-0.15, -0.1) is 0 Å². The van der Waals surface area contributed by atoms with Crippen molar-refractivity contribution in [2.75, 3.05) is 13.2 Å². The number of aliphatic imine (C=N–C) groups is 1. The zero-order chi connectivity index (χ0) is 8.74. The monoisotopic (exact) mass is 158 g/mol. The van der Waals surface area contributed by atoms with Gasteiger partial charge < -0.3 is 9.47 Å². The molecule has 0 aliphatic carbocycles. The Balaban J connectivity index is 4.11. The van der Waals surface area contributed by atoms with Crippen LogP contribution in [0.1, 0.15) is 20.8 Å². The summed E-state index contributed by atoms with van der Waals surface area (Å²) < 4.78 is 10.3. The van der Waals surface area contributed by atoms with Crippen molar-refractivity contribution in [2.24, 2.45) is 4.99 Å². The van der Waals surface area contributed by atoms with Crippen molar-refractivity contribution in [1.82, 2.24) is 0 Å². The Labute approximate surface area is 66.7 Å². The largest absolute Gasteiger partial charge is 0.331 e. The number of nitrogens with zero attached hydrogens (tertiary/aromatic N) is 1. The maximum atomic E-state index is 6.64. The predicted molar refractivity (Wildman–Crippen MR) is 41.8 cm³/mol. The normalized spacial score (nSPS) is 10.8. The van der Waals surface area contributed by atoms with Crippen molar-refractivity contribution in [3.63, 3.8) is 0 Å². The molecule has 4 heteroatoms. The van der Waals surface area contributed by atoms with E-state index in [1.807, 2.05) is 19.9 Å². The van der Waals surface area contributed by atoms with Gasteiger partial charge in [-0.05, 0) is 13.8 Å². The Hall–Kier alpha value is -0.700. The molecule has 64 valence electrons. The summed E-state index contributed by atoms with van der Waals surface area (Å²) in [6.45, 7) is 6.35. The number of ether oxygens (including phenoxy) is 2. The lowest BCUT2D eigenvalue weighted by Crippen LogP contribution is -2.29. The van der Waals surface area contributed by atoms with E-state index in [1.54, 1.807) is 6.92 Å². The summed E-state index contributed by atoms with van der Waals surface area (Å²) in [5.41, 5.74) is 0. The predicted octanol–water partition coefficient (Wildman–Crippen LogP) is 1.49. The first kappa shape index (κ1) is 10.3. The summed E-state index contributed by atoms with van der Waals surface area (Å²) in [7, 11) is 0. The summed E-state index contributed by atoms with van der Waals surface area (Å²) in [6, 6.07) is 1.90. The van der Waals surface area contributed by atoms with Crippen LogP contribution in [0.2, 0.25) is 0 Å². The lowest BCUT2D eigenvalue weighted by Gasteiger charge is -2.22. The van der Waals surface area contributed by atoms with Crippen LogP contribution in [-0.2, 0) is 9.47 Å². The van der Waals surface area contributed by atoms with E-state index in [0.29, 0.717) is 13.2 Å². The third kappa shape index (κ3) is 3.88. The molecule has 0 unspecified atom stereocenters. The molecule has 0 aromatic carbocycles. The average molecular weight is 158 g/mol. The minimum absolute atomic E-state index is 0.502. The van der Waals surface area contributed by atoms with Gasteiger partial charge in [0.05, 0.1) is 6.01 Å². The van der Waals surface area contributed by atoms with Gasteiger partial charge in [0.2, 0.25) is 0 Å². The Kier molecular flexibility index (Phi) is 4.70. The van der Waals surface area contributed by atoms with Crippen LogP contribution >= 0.6 is 0 Å². The molecule has 0 aromatic rings. The van der Waals surface area contributed by atoms with Crippen molar-refractivity contribution in [1.29, 1.82) is 5.41 Å². The first-order valence-corrected chi connectivity index (χ1v) is 3.60. The Morgan fingerprint density at radius 2 is 1.82 bits per heavy atom.